The van der Waals surface area contributed by atoms with E-state index in [0.717, 1.165) is 12.1 Å². The first-order valence-corrected chi connectivity index (χ1v) is 9.74. The number of rotatable bonds is 7. The minimum Gasteiger partial charge on any atom is -0.395 e. The van der Waals surface area contributed by atoms with E-state index < -0.39 is 11.6 Å². The van der Waals surface area contributed by atoms with Crippen LogP contribution in [0.15, 0.2) is 54.6 Å². The number of ketones is 1. The molecule has 0 saturated carbocycles. The molecule has 0 fully saturated rings. The fourth-order valence-corrected chi connectivity index (χ4v) is 3.27. The second kappa shape index (κ2) is 9.68. The van der Waals surface area contributed by atoms with Crippen LogP contribution >= 0.6 is 11.6 Å². The first-order chi connectivity index (χ1) is 14.8. The molecule has 0 bridgehead atoms. The molecule has 160 valence electrons. The van der Waals surface area contributed by atoms with Gasteiger partial charge in [0.2, 0.25) is 0 Å². The molecule has 0 radical (unpaired) electrons. The highest BCUT2D eigenvalue weighted by Crippen LogP contribution is 2.28. The van der Waals surface area contributed by atoms with Gasteiger partial charge in [-0.05, 0) is 61.0 Å². The van der Waals surface area contributed by atoms with E-state index >= 15 is 0 Å². The van der Waals surface area contributed by atoms with Crippen LogP contribution in [-0.2, 0) is 0 Å². The van der Waals surface area contributed by atoms with Crippen LogP contribution in [0.2, 0.25) is 5.02 Å². The van der Waals surface area contributed by atoms with Crippen LogP contribution in [0.1, 0.15) is 31.8 Å². The summed E-state index contributed by atoms with van der Waals surface area (Å²) in [5.74, 6) is -2.12. The van der Waals surface area contributed by atoms with Crippen molar-refractivity contribution in [3.05, 3.63) is 93.5 Å². The van der Waals surface area contributed by atoms with Crippen LogP contribution in [0, 0.1) is 18.6 Å². The molecular formula is C23H19ClF2N2O3. The van der Waals surface area contributed by atoms with E-state index in [1.54, 1.807) is 25.1 Å². The molecule has 3 aromatic rings. The van der Waals surface area contributed by atoms with Crippen molar-refractivity contribution < 1.29 is 23.5 Å². The number of hydrogen-bond donors (Lipinski definition) is 3. The van der Waals surface area contributed by atoms with E-state index in [-0.39, 0.29) is 41.1 Å². The number of aliphatic hydroxyl groups excluding tert-OH is 1. The minimum atomic E-state index is -0.755. The summed E-state index contributed by atoms with van der Waals surface area (Å²) in [5, 5.41) is 14.3. The molecule has 0 aromatic heterocycles. The van der Waals surface area contributed by atoms with Crippen LogP contribution in [0.3, 0.4) is 0 Å². The second-order valence-corrected chi connectivity index (χ2v) is 7.19. The van der Waals surface area contributed by atoms with E-state index in [1.165, 1.54) is 24.3 Å². The summed E-state index contributed by atoms with van der Waals surface area (Å²) < 4.78 is 26.9. The molecule has 5 nitrogen and oxygen atoms in total. The molecule has 0 atom stereocenters. The highest BCUT2D eigenvalue weighted by Gasteiger charge is 2.17. The Bertz CT molecular complexity index is 1150. The molecule has 3 aromatic carbocycles. The zero-order valence-electron chi connectivity index (χ0n) is 16.5. The first-order valence-electron chi connectivity index (χ1n) is 9.36. The number of carbonyl (C=O) groups excluding carboxylic acids is 2. The summed E-state index contributed by atoms with van der Waals surface area (Å²) in [6.07, 6.45) is 0. The predicted molar refractivity (Wildman–Crippen MR) is 115 cm³/mol. The van der Waals surface area contributed by atoms with Crippen LogP contribution in [0.4, 0.5) is 20.2 Å². The number of halogens is 3. The van der Waals surface area contributed by atoms with Gasteiger partial charge in [-0.3, -0.25) is 9.59 Å². The number of hydrogen-bond acceptors (Lipinski definition) is 4. The highest BCUT2D eigenvalue weighted by molar-refractivity contribution is 6.35. The number of nitrogens with one attached hydrogen (secondary N) is 2. The van der Waals surface area contributed by atoms with Crippen LogP contribution in [0.25, 0.3) is 0 Å². The van der Waals surface area contributed by atoms with Crippen molar-refractivity contribution in [3.8, 4) is 0 Å². The summed E-state index contributed by atoms with van der Waals surface area (Å²) in [7, 11) is 0. The van der Waals surface area contributed by atoms with Crippen LogP contribution in [-0.4, -0.2) is 29.9 Å². The Kier molecular flexibility index (Phi) is 6.99. The summed E-state index contributed by atoms with van der Waals surface area (Å²) >= 11 is 6.29. The largest absolute Gasteiger partial charge is 0.395 e. The molecule has 0 aliphatic carbocycles. The molecule has 0 unspecified atom stereocenters. The van der Waals surface area contributed by atoms with Gasteiger partial charge in [-0.1, -0.05) is 11.6 Å². The Morgan fingerprint density at radius 2 is 1.74 bits per heavy atom. The molecule has 0 heterocycles. The van der Waals surface area contributed by atoms with Crippen molar-refractivity contribution in [2.24, 2.45) is 0 Å². The molecule has 0 aliphatic heterocycles. The molecule has 1 amide bonds. The highest BCUT2D eigenvalue weighted by atomic mass is 35.5. The van der Waals surface area contributed by atoms with E-state index in [9.17, 15) is 18.4 Å². The third-order valence-corrected chi connectivity index (χ3v) is 4.87. The Hall–Kier alpha value is -3.29. The maximum Gasteiger partial charge on any atom is 0.251 e. The Balaban J connectivity index is 1.81. The van der Waals surface area contributed by atoms with Gasteiger partial charge in [-0.2, -0.15) is 0 Å². The Morgan fingerprint density at radius 3 is 2.39 bits per heavy atom. The number of aliphatic hydroxyl groups is 1. The number of aryl methyl sites for hydroxylation is 1. The topological polar surface area (TPSA) is 78.4 Å². The quantitative estimate of drug-likeness (QED) is 0.464. The second-order valence-electron chi connectivity index (χ2n) is 6.78. The van der Waals surface area contributed by atoms with E-state index in [1.807, 2.05) is 0 Å². The molecule has 31 heavy (non-hydrogen) atoms. The number of carbonyl (C=O) groups is 2. The smallest absolute Gasteiger partial charge is 0.251 e. The monoisotopic (exact) mass is 444 g/mol. The van der Waals surface area contributed by atoms with Gasteiger partial charge in [0.05, 0.1) is 17.3 Å². The van der Waals surface area contributed by atoms with Crippen molar-refractivity contribution in [2.45, 2.75) is 6.92 Å². The van der Waals surface area contributed by atoms with Gasteiger partial charge in [0, 0.05) is 35.0 Å². The standard InChI is InChI=1S/C23H19ClF2N2O3/c1-13-10-14(23(31)27-8-9-29)2-5-17(13)22(30)18-6-4-16(12-19(18)24)28-21-7-3-15(25)11-20(21)26/h2-7,10-12,28-29H,8-9H2,1H3,(H,27,31). The minimum absolute atomic E-state index is 0.0717. The lowest BCUT2D eigenvalue weighted by Crippen LogP contribution is -2.26. The molecule has 8 heteroatoms. The maximum atomic E-state index is 13.8. The van der Waals surface area contributed by atoms with Gasteiger partial charge in [-0.25, -0.2) is 8.78 Å². The van der Waals surface area contributed by atoms with E-state index in [4.69, 9.17) is 16.7 Å². The predicted octanol–water partition coefficient (Wildman–Crippen LogP) is 4.62. The molecular weight excluding hydrogens is 426 g/mol. The third-order valence-electron chi connectivity index (χ3n) is 4.55. The third kappa shape index (κ3) is 5.25. The fraction of sp³-hybridized carbons (Fsp3) is 0.130. The normalized spacial score (nSPS) is 10.6. The van der Waals surface area contributed by atoms with Crippen molar-refractivity contribution in [3.63, 3.8) is 0 Å². The van der Waals surface area contributed by atoms with Gasteiger partial charge in [0.1, 0.15) is 11.6 Å². The zero-order chi connectivity index (χ0) is 22.5. The lowest BCUT2D eigenvalue weighted by Gasteiger charge is -2.12. The van der Waals surface area contributed by atoms with Crippen LogP contribution in [0.5, 0.6) is 0 Å². The maximum absolute atomic E-state index is 13.8. The van der Waals surface area contributed by atoms with Gasteiger partial charge < -0.3 is 15.7 Å². The number of anilines is 2. The fourth-order valence-electron chi connectivity index (χ4n) is 3.00. The Labute approximate surface area is 182 Å². The summed E-state index contributed by atoms with van der Waals surface area (Å²) in [5.41, 5.74) is 2.09. The average Bonchev–Trinajstić information content (AvgIpc) is 2.73. The van der Waals surface area contributed by atoms with Crippen molar-refractivity contribution in [2.75, 3.05) is 18.5 Å². The van der Waals surface area contributed by atoms with Gasteiger partial charge in [-0.15, -0.1) is 0 Å². The molecule has 0 spiro atoms. The van der Waals surface area contributed by atoms with Gasteiger partial charge >= 0.3 is 0 Å². The van der Waals surface area contributed by atoms with E-state index in [2.05, 4.69) is 10.6 Å². The summed E-state index contributed by atoms with van der Waals surface area (Å²) in [6, 6.07) is 12.4. The SMILES string of the molecule is Cc1cc(C(=O)NCCO)ccc1C(=O)c1ccc(Nc2ccc(F)cc2F)cc1Cl. The van der Waals surface area contributed by atoms with Crippen molar-refractivity contribution >= 4 is 34.7 Å². The van der Waals surface area contributed by atoms with Crippen molar-refractivity contribution in [1.82, 2.24) is 5.32 Å². The van der Waals surface area contributed by atoms with Crippen LogP contribution < -0.4 is 10.6 Å². The number of amides is 1. The molecule has 3 rings (SSSR count). The average molecular weight is 445 g/mol. The number of benzene rings is 3. The van der Waals surface area contributed by atoms with E-state index in [0.29, 0.717) is 22.4 Å². The summed E-state index contributed by atoms with van der Waals surface area (Å²) in [4.78, 5) is 25.0. The zero-order valence-corrected chi connectivity index (χ0v) is 17.3. The van der Waals surface area contributed by atoms with Crippen molar-refractivity contribution in [1.29, 1.82) is 0 Å². The van der Waals surface area contributed by atoms with Gasteiger partial charge in [0.25, 0.3) is 5.91 Å². The first kappa shape index (κ1) is 22.4. The van der Waals surface area contributed by atoms with Gasteiger partial charge in [0.15, 0.2) is 5.78 Å². The summed E-state index contributed by atoms with van der Waals surface area (Å²) in [6.45, 7) is 1.67. The lowest BCUT2D eigenvalue weighted by molar-refractivity contribution is 0.0943. The molecule has 3 N–H and O–H groups in total. The molecule has 0 aliphatic rings. The Morgan fingerprint density at radius 1 is 1.00 bits per heavy atom. The molecule has 0 saturated heterocycles. The lowest BCUT2D eigenvalue weighted by atomic mass is 9.97.